The van der Waals surface area contributed by atoms with Crippen LogP contribution in [-0.2, 0) is 4.79 Å². The minimum absolute atomic E-state index is 0.0891. The molecule has 1 unspecified atom stereocenters. The highest BCUT2D eigenvalue weighted by molar-refractivity contribution is 7.09. The second kappa shape index (κ2) is 4.34. The van der Waals surface area contributed by atoms with Crippen LogP contribution in [-0.4, -0.2) is 17.4 Å². The highest BCUT2D eigenvalue weighted by Gasteiger charge is 2.08. The number of hydrogen-bond donors (Lipinski definition) is 2. The Labute approximate surface area is 81.2 Å². The van der Waals surface area contributed by atoms with Gasteiger partial charge in [-0.25, -0.2) is 4.98 Å². The van der Waals surface area contributed by atoms with E-state index in [4.69, 9.17) is 5.73 Å². The summed E-state index contributed by atoms with van der Waals surface area (Å²) in [5.74, 6) is -0.347. The smallest absolute Gasteiger partial charge is 0.231 e. The minimum atomic E-state index is -0.347. The van der Waals surface area contributed by atoms with Gasteiger partial charge in [0.2, 0.25) is 5.91 Å². The number of nitrogens with zero attached hydrogens (tertiary/aromatic N) is 1. The van der Waals surface area contributed by atoms with Gasteiger partial charge in [-0.1, -0.05) is 0 Å². The molecule has 0 aliphatic rings. The summed E-state index contributed by atoms with van der Waals surface area (Å²) in [5.41, 5.74) is 6.01. The molecule has 1 amide bonds. The number of aromatic nitrogens is 1. The van der Waals surface area contributed by atoms with E-state index in [2.05, 4.69) is 10.3 Å². The van der Waals surface area contributed by atoms with Crippen LogP contribution in [0.5, 0.6) is 0 Å². The minimum Gasteiger partial charge on any atom is -0.369 e. The molecule has 1 atom stereocenters. The molecule has 0 bridgehead atoms. The van der Waals surface area contributed by atoms with Crippen molar-refractivity contribution in [3.05, 3.63) is 16.1 Å². The van der Waals surface area contributed by atoms with Gasteiger partial charge < -0.3 is 5.73 Å². The first-order valence-corrected chi connectivity index (χ1v) is 4.91. The number of aryl methyl sites for hydroxylation is 1. The first-order valence-electron chi connectivity index (χ1n) is 4.03. The molecule has 0 aromatic carbocycles. The number of nitrogens with one attached hydrogen (secondary N) is 1. The zero-order valence-electron chi connectivity index (χ0n) is 7.70. The fraction of sp³-hybridized carbons (Fsp3) is 0.500. The molecular weight excluding hydrogens is 186 g/mol. The second-order valence-corrected chi connectivity index (χ2v) is 3.79. The van der Waals surface area contributed by atoms with Crippen molar-refractivity contribution in [1.82, 2.24) is 10.3 Å². The van der Waals surface area contributed by atoms with Gasteiger partial charge in [-0.3, -0.25) is 10.1 Å². The molecule has 0 fully saturated rings. The zero-order chi connectivity index (χ0) is 9.84. The molecule has 1 heterocycles. The van der Waals surface area contributed by atoms with Gasteiger partial charge in [-0.05, 0) is 13.8 Å². The zero-order valence-corrected chi connectivity index (χ0v) is 8.52. The number of rotatable bonds is 4. The lowest BCUT2D eigenvalue weighted by Crippen LogP contribution is -2.30. The summed E-state index contributed by atoms with van der Waals surface area (Å²) in [5, 5.41) is 5.95. The third-order valence-corrected chi connectivity index (χ3v) is 2.73. The van der Waals surface area contributed by atoms with Crippen molar-refractivity contribution in [3.8, 4) is 0 Å². The van der Waals surface area contributed by atoms with Crippen LogP contribution < -0.4 is 11.1 Å². The molecule has 13 heavy (non-hydrogen) atoms. The molecular formula is C8H13N3OS. The highest BCUT2D eigenvalue weighted by atomic mass is 32.1. The summed E-state index contributed by atoms with van der Waals surface area (Å²) in [7, 11) is 0. The normalized spacial score (nSPS) is 12.8. The Morgan fingerprint density at radius 1 is 1.85 bits per heavy atom. The second-order valence-electron chi connectivity index (χ2n) is 2.90. The van der Waals surface area contributed by atoms with Gasteiger partial charge >= 0.3 is 0 Å². The molecule has 3 N–H and O–H groups in total. The van der Waals surface area contributed by atoms with Crippen molar-refractivity contribution >= 4 is 17.2 Å². The van der Waals surface area contributed by atoms with Crippen molar-refractivity contribution in [1.29, 1.82) is 0 Å². The molecule has 5 heteroatoms. The van der Waals surface area contributed by atoms with Crippen LogP contribution in [0.2, 0.25) is 0 Å². The van der Waals surface area contributed by atoms with Crippen molar-refractivity contribution in [3.63, 3.8) is 0 Å². The third kappa shape index (κ3) is 3.12. The molecule has 0 aliphatic carbocycles. The van der Waals surface area contributed by atoms with Crippen molar-refractivity contribution < 1.29 is 4.79 Å². The largest absolute Gasteiger partial charge is 0.369 e. The quantitative estimate of drug-likeness (QED) is 0.745. The molecule has 1 aromatic rings. The first-order chi connectivity index (χ1) is 6.09. The average Bonchev–Trinajstić information content (AvgIpc) is 2.47. The number of nitrogens with two attached hydrogens (primary N) is 1. The molecule has 1 aromatic heterocycles. The van der Waals surface area contributed by atoms with Crippen LogP contribution in [0.3, 0.4) is 0 Å². The maximum Gasteiger partial charge on any atom is 0.231 e. The van der Waals surface area contributed by atoms with E-state index in [1.165, 1.54) is 0 Å². The molecule has 0 spiro atoms. The van der Waals surface area contributed by atoms with Gasteiger partial charge in [0.25, 0.3) is 0 Å². The Hall–Kier alpha value is -0.940. The van der Waals surface area contributed by atoms with Crippen LogP contribution in [0, 0.1) is 6.92 Å². The van der Waals surface area contributed by atoms with E-state index in [1.54, 1.807) is 11.3 Å². The molecule has 0 saturated carbocycles. The number of primary amides is 1. The molecule has 0 saturated heterocycles. The summed E-state index contributed by atoms with van der Waals surface area (Å²) in [6, 6.07) is 0.0891. The predicted octanol–water partition coefficient (Wildman–Crippen LogP) is 0.587. The Balaban J connectivity index is 2.48. The molecule has 0 radical (unpaired) electrons. The van der Waals surface area contributed by atoms with Gasteiger partial charge in [0.15, 0.2) is 0 Å². The lowest BCUT2D eigenvalue weighted by molar-refractivity contribution is -0.117. The Bertz CT molecular complexity index is 297. The van der Waals surface area contributed by atoms with E-state index in [0.717, 1.165) is 10.7 Å². The van der Waals surface area contributed by atoms with Gasteiger partial charge in [-0.15, -0.1) is 11.3 Å². The lowest BCUT2D eigenvalue weighted by Gasteiger charge is -2.08. The van der Waals surface area contributed by atoms with Gasteiger partial charge in [-0.2, -0.15) is 0 Å². The van der Waals surface area contributed by atoms with Crippen molar-refractivity contribution in [2.24, 2.45) is 5.73 Å². The Kier molecular flexibility index (Phi) is 3.39. The monoisotopic (exact) mass is 199 g/mol. The van der Waals surface area contributed by atoms with Gasteiger partial charge in [0, 0.05) is 11.1 Å². The summed E-state index contributed by atoms with van der Waals surface area (Å²) in [6.45, 7) is 4.10. The lowest BCUT2D eigenvalue weighted by atomic mass is 10.3. The van der Waals surface area contributed by atoms with E-state index in [-0.39, 0.29) is 18.5 Å². The molecule has 72 valence electrons. The predicted molar refractivity (Wildman–Crippen MR) is 52.5 cm³/mol. The van der Waals surface area contributed by atoms with E-state index in [1.807, 2.05) is 19.2 Å². The maximum atomic E-state index is 10.5. The maximum absolute atomic E-state index is 10.5. The first kappa shape index (κ1) is 10.1. The topological polar surface area (TPSA) is 68.0 Å². The summed E-state index contributed by atoms with van der Waals surface area (Å²) < 4.78 is 0. The number of carbonyl (C=O) groups excluding carboxylic acids is 1. The molecule has 1 rings (SSSR count). The van der Waals surface area contributed by atoms with E-state index < -0.39 is 0 Å². The van der Waals surface area contributed by atoms with Crippen LogP contribution in [0.1, 0.15) is 23.7 Å². The summed E-state index contributed by atoms with van der Waals surface area (Å²) >= 11 is 1.58. The third-order valence-electron chi connectivity index (χ3n) is 1.59. The number of hydrogen-bond acceptors (Lipinski definition) is 4. The van der Waals surface area contributed by atoms with E-state index in [9.17, 15) is 4.79 Å². The summed E-state index contributed by atoms with van der Waals surface area (Å²) in [4.78, 5) is 14.8. The van der Waals surface area contributed by atoms with Gasteiger partial charge in [0.1, 0.15) is 5.01 Å². The van der Waals surface area contributed by atoms with Crippen LogP contribution in [0.25, 0.3) is 0 Å². The number of thiazole rings is 1. The van der Waals surface area contributed by atoms with Gasteiger partial charge in [0.05, 0.1) is 12.6 Å². The van der Waals surface area contributed by atoms with Crippen LogP contribution >= 0.6 is 11.3 Å². The standard InChI is InChI=1S/C8H13N3OS/c1-5-4-13-8(11-5)6(2)10-3-7(9)12/h4,6,10H,3H2,1-2H3,(H2,9,12). The summed E-state index contributed by atoms with van der Waals surface area (Å²) in [6.07, 6.45) is 0. The number of carbonyl (C=O) groups is 1. The Morgan fingerprint density at radius 2 is 2.54 bits per heavy atom. The fourth-order valence-corrected chi connectivity index (χ4v) is 1.74. The fourth-order valence-electron chi connectivity index (χ4n) is 0.912. The average molecular weight is 199 g/mol. The van der Waals surface area contributed by atoms with Crippen molar-refractivity contribution in [2.75, 3.05) is 6.54 Å². The Morgan fingerprint density at radius 3 is 3.00 bits per heavy atom. The SMILES string of the molecule is Cc1csc(C(C)NCC(N)=O)n1. The molecule has 0 aliphatic heterocycles. The van der Waals surface area contributed by atoms with E-state index >= 15 is 0 Å². The van der Waals surface area contributed by atoms with Crippen molar-refractivity contribution in [2.45, 2.75) is 19.9 Å². The van der Waals surface area contributed by atoms with E-state index in [0.29, 0.717) is 0 Å². The van der Waals surface area contributed by atoms with Crippen LogP contribution in [0.15, 0.2) is 5.38 Å². The molecule has 4 nitrogen and oxygen atoms in total. The number of amides is 1. The highest BCUT2D eigenvalue weighted by Crippen LogP contribution is 2.16. The van der Waals surface area contributed by atoms with Crippen LogP contribution in [0.4, 0.5) is 0 Å².